The Morgan fingerprint density at radius 2 is 1.40 bits per heavy atom. The molecule has 0 unspecified atom stereocenters. The van der Waals surface area contributed by atoms with E-state index in [4.69, 9.17) is 9.16 Å². The van der Waals surface area contributed by atoms with E-state index in [9.17, 15) is 9.59 Å². The Bertz CT molecular complexity index is 546. The number of carbonyl (C=O) groups is 2. The van der Waals surface area contributed by atoms with Gasteiger partial charge in [0, 0.05) is 0 Å². The van der Waals surface area contributed by atoms with E-state index in [0.29, 0.717) is 0 Å². The Morgan fingerprint density at radius 3 is 1.92 bits per heavy atom. The van der Waals surface area contributed by atoms with Gasteiger partial charge in [-0.15, -0.1) is 0 Å². The Labute approximate surface area is 150 Å². The van der Waals surface area contributed by atoms with Gasteiger partial charge in [-0.2, -0.15) is 0 Å². The molecular weight excluding hydrogens is 336 g/mol. The van der Waals surface area contributed by atoms with Crippen LogP contribution in [0.15, 0.2) is 40.6 Å². The zero-order valence-corrected chi connectivity index (χ0v) is 16.4. The lowest BCUT2D eigenvalue weighted by Crippen LogP contribution is -2.39. The van der Waals surface area contributed by atoms with Gasteiger partial charge in [0.05, 0.1) is 0 Å². The van der Waals surface area contributed by atoms with E-state index in [2.05, 4.69) is 31.0 Å². The van der Waals surface area contributed by atoms with Crippen molar-refractivity contribution in [2.75, 3.05) is 0 Å². The van der Waals surface area contributed by atoms with Crippen LogP contribution in [0.3, 0.4) is 0 Å². The van der Waals surface area contributed by atoms with Gasteiger partial charge in [0.15, 0.2) is 0 Å². The molecule has 0 saturated carbocycles. The van der Waals surface area contributed by atoms with Crippen LogP contribution >= 0.6 is 0 Å². The van der Waals surface area contributed by atoms with E-state index in [1.165, 1.54) is 0 Å². The molecule has 0 radical (unpaired) electrons. The maximum absolute atomic E-state index is 12.0. The number of carbonyl (C=O) groups excluding carboxylic acids is 2. The fourth-order valence-electron chi connectivity index (χ4n) is 2.93. The number of ether oxygens (including phenoxy) is 1. The highest BCUT2D eigenvalue weighted by molar-refractivity contribution is 6.75. The van der Waals surface area contributed by atoms with E-state index in [-0.39, 0.29) is 6.61 Å². The molecule has 0 heterocycles. The zero-order chi connectivity index (χ0) is 18.5. The molecule has 0 fully saturated rings. The Balaban J connectivity index is 2.56. The first-order valence-corrected chi connectivity index (χ1v) is 11.4. The minimum absolute atomic E-state index is 0.0912. The fourth-order valence-corrected chi connectivity index (χ4v) is 7.13. The van der Waals surface area contributed by atoms with E-state index >= 15 is 0 Å². The highest BCUT2D eigenvalue weighted by Gasteiger charge is 2.36. The second kappa shape index (κ2) is 11.5. The van der Waals surface area contributed by atoms with Gasteiger partial charge < -0.3 is 9.16 Å². The molecule has 0 aliphatic heterocycles. The van der Waals surface area contributed by atoms with Crippen molar-refractivity contribution in [1.29, 1.82) is 0 Å². The van der Waals surface area contributed by atoms with Crippen molar-refractivity contribution < 1.29 is 18.8 Å². The van der Waals surface area contributed by atoms with Gasteiger partial charge in [-0.1, -0.05) is 80.6 Å². The largest absolute Gasteiger partial charge is 0.501 e. The molecule has 0 aliphatic rings. The van der Waals surface area contributed by atoms with E-state index in [1.807, 2.05) is 30.3 Å². The summed E-state index contributed by atoms with van der Waals surface area (Å²) < 4.78 is 10.7. The summed E-state index contributed by atoms with van der Waals surface area (Å²) in [6, 6.07) is 12.0. The molecule has 138 valence electrons. The highest BCUT2D eigenvalue weighted by Crippen LogP contribution is 2.28. The summed E-state index contributed by atoms with van der Waals surface area (Å²) in [7, 11) is -2.16. The summed E-state index contributed by atoms with van der Waals surface area (Å²) in [5, 5.41) is 6.71. The predicted octanol–water partition coefficient (Wildman–Crippen LogP) is 6.09. The van der Waals surface area contributed by atoms with Crippen LogP contribution in [-0.4, -0.2) is 20.5 Å². The first-order chi connectivity index (χ1) is 12.0. The smallest absolute Gasteiger partial charge is 0.452 e. The molecule has 6 nitrogen and oxygen atoms in total. The molecule has 1 rings (SSSR count). The summed E-state index contributed by atoms with van der Waals surface area (Å²) in [6.45, 7) is 6.35. The van der Waals surface area contributed by atoms with Gasteiger partial charge in [0.1, 0.15) is 6.61 Å². The monoisotopic (exact) mass is 364 g/mol. The van der Waals surface area contributed by atoms with Crippen LogP contribution in [0.25, 0.3) is 0 Å². The van der Waals surface area contributed by atoms with Crippen LogP contribution in [0, 0.1) is 0 Å². The summed E-state index contributed by atoms with van der Waals surface area (Å²) in [4.78, 5) is 23.6. The van der Waals surface area contributed by atoms with Crippen molar-refractivity contribution in [3.63, 3.8) is 0 Å². The van der Waals surface area contributed by atoms with Gasteiger partial charge in [0.25, 0.3) is 8.32 Å². The molecule has 0 atom stereocenters. The third-order valence-electron chi connectivity index (χ3n) is 3.84. The summed E-state index contributed by atoms with van der Waals surface area (Å²) in [6.07, 6.45) is 1.23. The third-order valence-corrected chi connectivity index (χ3v) is 8.68. The minimum atomic E-state index is -2.16. The average molecular weight is 365 g/mol. The first kappa shape index (κ1) is 21.0. The number of azo groups is 1. The van der Waals surface area contributed by atoms with Crippen molar-refractivity contribution in [2.24, 2.45) is 10.2 Å². The number of nitrogens with zero attached hydrogens (tertiary/aromatic N) is 2. The Morgan fingerprint density at radius 1 is 0.880 bits per heavy atom. The van der Waals surface area contributed by atoms with Gasteiger partial charge in [-0.3, -0.25) is 0 Å². The van der Waals surface area contributed by atoms with Crippen LogP contribution in [0.5, 0.6) is 0 Å². The second-order valence-electron chi connectivity index (χ2n) is 6.04. The predicted molar refractivity (Wildman–Crippen MR) is 99.0 cm³/mol. The van der Waals surface area contributed by atoms with Crippen molar-refractivity contribution in [2.45, 2.75) is 64.8 Å². The molecule has 25 heavy (non-hydrogen) atoms. The zero-order valence-electron chi connectivity index (χ0n) is 15.4. The van der Waals surface area contributed by atoms with Crippen LogP contribution < -0.4 is 0 Å². The van der Waals surface area contributed by atoms with E-state index in [0.717, 1.165) is 43.0 Å². The number of hydrogen-bond donors (Lipinski definition) is 0. The number of amides is 2. The molecule has 0 N–H and O–H groups in total. The van der Waals surface area contributed by atoms with Crippen LogP contribution in [0.1, 0.15) is 45.6 Å². The fraction of sp³-hybridized carbons (Fsp3) is 0.556. The number of hydrogen-bond acceptors (Lipinski definition) is 4. The average Bonchev–Trinajstić information content (AvgIpc) is 2.60. The van der Waals surface area contributed by atoms with E-state index < -0.39 is 20.5 Å². The molecule has 0 aromatic heterocycles. The Hall–Kier alpha value is -2.02. The summed E-state index contributed by atoms with van der Waals surface area (Å²) in [5.74, 6) is 0. The summed E-state index contributed by atoms with van der Waals surface area (Å²) >= 11 is 0. The van der Waals surface area contributed by atoms with Crippen molar-refractivity contribution in [1.82, 2.24) is 0 Å². The summed E-state index contributed by atoms with van der Waals surface area (Å²) in [5.41, 5.74) is 0.842. The van der Waals surface area contributed by atoms with Gasteiger partial charge >= 0.3 is 12.2 Å². The standard InChI is InChI=1S/C18H28N2O4Si/c1-4-12-25(13-5-2,14-6-3)24-18(22)20-19-17(21)23-15-16-10-8-7-9-11-16/h7-11H,4-6,12-15H2,1-3H3. The second-order valence-corrected chi connectivity index (χ2v) is 10.1. The van der Waals surface area contributed by atoms with Crippen molar-refractivity contribution >= 4 is 20.5 Å². The lowest BCUT2D eigenvalue weighted by atomic mass is 10.2. The van der Waals surface area contributed by atoms with Crippen molar-refractivity contribution in [3.05, 3.63) is 35.9 Å². The topological polar surface area (TPSA) is 77.3 Å². The molecule has 7 heteroatoms. The highest BCUT2D eigenvalue weighted by atomic mass is 28.4. The molecular formula is C18H28N2O4Si. The van der Waals surface area contributed by atoms with Crippen LogP contribution in [0.4, 0.5) is 9.59 Å². The minimum Gasteiger partial charge on any atom is -0.501 e. The molecule has 2 amide bonds. The lowest BCUT2D eigenvalue weighted by molar-refractivity contribution is 0.147. The molecule has 1 aromatic rings. The van der Waals surface area contributed by atoms with Crippen LogP contribution in [0.2, 0.25) is 18.1 Å². The van der Waals surface area contributed by atoms with Gasteiger partial charge in [-0.05, 0) is 23.7 Å². The van der Waals surface area contributed by atoms with Crippen LogP contribution in [-0.2, 0) is 15.8 Å². The molecule has 0 aliphatic carbocycles. The third kappa shape index (κ3) is 8.06. The number of rotatable bonds is 9. The van der Waals surface area contributed by atoms with Gasteiger partial charge in [-0.25, -0.2) is 9.59 Å². The lowest BCUT2D eigenvalue weighted by Gasteiger charge is -2.29. The van der Waals surface area contributed by atoms with Gasteiger partial charge in [0.2, 0.25) is 0 Å². The van der Waals surface area contributed by atoms with Crippen molar-refractivity contribution in [3.8, 4) is 0 Å². The normalized spacial score (nSPS) is 11.5. The van der Waals surface area contributed by atoms with E-state index in [1.54, 1.807) is 0 Å². The first-order valence-electron chi connectivity index (χ1n) is 8.90. The molecule has 1 aromatic carbocycles. The maximum Gasteiger partial charge on any atom is 0.452 e. The SMILES string of the molecule is CCC[Si](CCC)(CCC)OC(=O)N=NC(=O)OCc1ccccc1. The maximum atomic E-state index is 12.0. The quantitative estimate of drug-likeness (QED) is 0.392. The molecule has 0 bridgehead atoms. The number of benzene rings is 1. The molecule has 0 saturated heterocycles. The Kier molecular flexibility index (Phi) is 9.68. The molecule has 0 spiro atoms.